The van der Waals surface area contributed by atoms with E-state index in [4.69, 9.17) is 14.0 Å². The lowest BCUT2D eigenvalue weighted by atomic mass is 9.80. The van der Waals surface area contributed by atoms with Gasteiger partial charge in [0, 0.05) is 45.8 Å². The van der Waals surface area contributed by atoms with Gasteiger partial charge in [-0.1, -0.05) is 22.3 Å². The van der Waals surface area contributed by atoms with Gasteiger partial charge in [-0.2, -0.15) is 43.9 Å². The summed E-state index contributed by atoms with van der Waals surface area (Å²) >= 11 is 3.22. The predicted octanol–water partition coefficient (Wildman–Crippen LogP) is 12.0. The smallest absolute Gasteiger partial charge is 0.463 e. The first-order valence-electron chi connectivity index (χ1n) is 21.0. The molecule has 402 valence electrons. The van der Waals surface area contributed by atoms with Gasteiger partial charge in [0.1, 0.15) is 0 Å². The van der Waals surface area contributed by atoms with E-state index in [0.717, 1.165) is 36.6 Å². The van der Waals surface area contributed by atoms with Gasteiger partial charge in [0.2, 0.25) is 11.6 Å². The lowest BCUT2D eigenvalue weighted by Crippen LogP contribution is -2.41. The van der Waals surface area contributed by atoms with Gasteiger partial charge in [0.25, 0.3) is 11.8 Å². The summed E-state index contributed by atoms with van der Waals surface area (Å²) in [5.74, 6) is -4.89. The third-order valence-corrected chi connectivity index (χ3v) is 11.4. The summed E-state index contributed by atoms with van der Waals surface area (Å²) in [6.45, 7) is 8.83. The summed E-state index contributed by atoms with van der Waals surface area (Å²) < 4.78 is 192. The van der Waals surface area contributed by atoms with Crippen molar-refractivity contribution in [2.75, 3.05) is 0 Å². The van der Waals surface area contributed by atoms with Crippen molar-refractivity contribution < 1.29 is 80.9 Å². The van der Waals surface area contributed by atoms with Crippen molar-refractivity contribution in [3.05, 3.63) is 88.9 Å². The normalized spacial score (nSPS) is 17.2. The second kappa shape index (κ2) is 22.3. The monoisotopic (exact) mass is 1120 g/mol. The molecule has 2 atom stereocenters. The summed E-state index contributed by atoms with van der Waals surface area (Å²) in [5, 5.41) is 14.4. The first-order valence-corrected chi connectivity index (χ1v) is 21.8. The molecular weight excluding hydrogens is 1070 g/mol. The highest BCUT2D eigenvalue weighted by molar-refractivity contribution is 9.10. The van der Waals surface area contributed by atoms with Crippen LogP contribution in [0.3, 0.4) is 0 Å². The van der Waals surface area contributed by atoms with Crippen LogP contribution < -0.4 is 14.9 Å². The zero-order chi connectivity index (χ0) is 51.4. The lowest BCUT2D eigenvalue weighted by Gasteiger charge is -2.32. The first-order chi connectivity index (χ1) is 32.4. The molecule has 3 fully saturated rings. The van der Waals surface area contributed by atoms with Crippen LogP contribution in [0.2, 0.25) is 0 Å². The largest absolute Gasteiger partial charge is 0.496 e. The standard InChI is InChI=1S/C18H14F6N4O2.C14H18BF4NO3.C10H8BrF2N3O.3CH4/c1-9(17(20,21)22)29-15-13(19)6-11(7-25-15)10-2-5-14-26-27-16(28(14)8-10)18(23,24)30-12-3-4-12;1-8(14(17,18)19)21-11-10(16)6-9(7-20-11)15-22-12(2,3)13(4,5)23-15;11-6-1-4-8-14-15-9(16(8)5-6)10(12,13)17-7-2-3-7;;;/h2,5-9,12H,3-4H2,1H3;6-8H,1-5H3;1,4-5,7H,2-3H2;3*1H4/t9-;8-;;;;/m11..../s1. The summed E-state index contributed by atoms with van der Waals surface area (Å²) in [6, 6.07) is 8.07. The average molecular weight is 1120 g/mol. The first kappa shape index (κ1) is 60.2. The third kappa shape index (κ3) is 14.3. The van der Waals surface area contributed by atoms with E-state index in [0.29, 0.717) is 35.8 Å². The van der Waals surface area contributed by atoms with E-state index in [1.165, 1.54) is 35.1 Å². The molecule has 0 aromatic carbocycles. The van der Waals surface area contributed by atoms with Crippen molar-refractivity contribution in [1.82, 2.24) is 39.2 Å². The Hall–Kier alpha value is -5.32. The Kier molecular flexibility index (Phi) is 18.4. The molecule has 28 heteroatoms. The van der Waals surface area contributed by atoms with Crippen LogP contribution in [-0.4, -0.2) is 94.3 Å². The van der Waals surface area contributed by atoms with Crippen LogP contribution in [0.15, 0.2) is 65.7 Å². The van der Waals surface area contributed by atoms with Crippen LogP contribution in [0, 0.1) is 11.6 Å². The van der Waals surface area contributed by atoms with E-state index < -0.39 is 96.2 Å². The Morgan fingerprint density at radius 1 is 0.616 bits per heavy atom. The minimum absolute atomic E-state index is 0. The topological polar surface area (TPSA) is 142 Å². The Morgan fingerprint density at radius 2 is 1.04 bits per heavy atom. The molecule has 73 heavy (non-hydrogen) atoms. The second-order valence-corrected chi connectivity index (χ2v) is 18.1. The number of ether oxygens (including phenoxy) is 4. The Bertz CT molecular complexity index is 2810. The van der Waals surface area contributed by atoms with Crippen molar-refractivity contribution in [2.24, 2.45) is 0 Å². The minimum atomic E-state index is -4.68. The molecular formula is C45H52BBrF12N8O6. The number of pyridine rings is 4. The van der Waals surface area contributed by atoms with Gasteiger partial charge >= 0.3 is 31.7 Å². The van der Waals surface area contributed by atoms with Crippen molar-refractivity contribution in [3.63, 3.8) is 0 Å². The molecule has 7 heterocycles. The van der Waals surface area contributed by atoms with Crippen LogP contribution in [0.1, 0.15) is 101 Å². The highest BCUT2D eigenvalue weighted by atomic mass is 79.9. The zero-order valence-electron chi connectivity index (χ0n) is 37.4. The summed E-state index contributed by atoms with van der Waals surface area (Å²) in [7, 11) is -0.851. The molecule has 0 spiro atoms. The van der Waals surface area contributed by atoms with E-state index in [9.17, 15) is 52.7 Å². The maximum Gasteiger partial charge on any atom is 0.496 e. The minimum Gasteiger partial charge on any atom is -0.463 e. The van der Waals surface area contributed by atoms with Crippen molar-refractivity contribution in [1.29, 1.82) is 0 Å². The number of hydrogen-bond acceptors (Lipinski definition) is 12. The predicted molar refractivity (Wildman–Crippen MR) is 245 cm³/mol. The second-order valence-electron chi connectivity index (χ2n) is 17.2. The SMILES string of the molecule is C.C.C.C[C@@H](Oc1ncc(-c2ccc3nnc(C(F)(F)OC4CC4)n3c2)cc1F)C(F)(F)F.C[C@@H](Oc1ncc(B2OC(C)(C)C(C)(C)O2)cc1F)C(F)(F)F.FC(F)(OC1CC1)c1nnc2ccc(Br)cn12. The number of alkyl halides is 10. The fourth-order valence-corrected chi connectivity index (χ4v) is 6.33. The summed E-state index contributed by atoms with van der Waals surface area (Å²) in [4.78, 5) is 7.20. The highest BCUT2D eigenvalue weighted by Gasteiger charge is 2.52. The van der Waals surface area contributed by atoms with Gasteiger partial charge in [-0.05, 0) is 120 Å². The van der Waals surface area contributed by atoms with Gasteiger partial charge in [0.15, 0.2) is 35.1 Å². The highest BCUT2D eigenvalue weighted by Crippen LogP contribution is 2.40. The molecule has 0 unspecified atom stereocenters. The van der Waals surface area contributed by atoms with E-state index in [1.807, 2.05) is 27.7 Å². The number of nitrogens with zero attached hydrogens (tertiary/aromatic N) is 8. The van der Waals surface area contributed by atoms with Crippen LogP contribution in [0.5, 0.6) is 11.8 Å². The van der Waals surface area contributed by atoms with Gasteiger partial charge in [-0.25, -0.2) is 18.7 Å². The number of halogens is 13. The number of rotatable bonds is 12. The molecule has 0 N–H and O–H groups in total. The quantitative estimate of drug-likeness (QED) is 0.0850. The van der Waals surface area contributed by atoms with Crippen LogP contribution in [-0.2, 0) is 31.0 Å². The fraction of sp³-hybridized carbons (Fsp3) is 0.511. The van der Waals surface area contributed by atoms with Crippen LogP contribution in [0.25, 0.3) is 22.4 Å². The molecule has 6 aromatic rings. The van der Waals surface area contributed by atoms with E-state index in [2.05, 4.69) is 60.5 Å². The van der Waals surface area contributed by atoms with Crippen molar-refractivity contribution in [2.45, 2.75) is 150 Å². The summed E-state index contributed by atoms with van der Waals surface area (Å²) in [6.07, 6.45) is -14.3. The van der Waals surface area contributed by atoms with Gasteiger partial charge in [-0.15, -0.1) is 20.4 Å². The molecule has 2 saturated carbocycles. The molecule has 1 aliphatic heterocycles. The van der Waals surface area contributed by atoms with E-state index >= 15 is 0 Å². The van der Waals surface area contributed by atoms with Crippen molar-refractivity contribution in [3.8, 4) is 22.9 Å². The fourth-order valence-electron chi connectivity index (χ4n) is 5.99. The number of hydrogen-bond donors (Lipinski definition) is 0. The number of fused-ring (bicyclic) bond motifs is 2. The molecule has 14 nitrogen and oxygen atoms in total. The van der Waals surface area contributed by atoms with Crippen molar-refractivity contribution >= 4 is 39.8 Å². The molecule has 1 saturated heterocycles. The number of aromatic nitrogens is 8. The Labute approximate surface area is 420 Å². The molecule has 6 aromatic heterocycles. The maximum absolute atomic E-state index is 14.4. The molecule has 3 aliphatic rings. The average Bonchev–Trinajstić information content (AvgIpc) is 4.14. The maximum atomic E-state index is 14.4. The zero-order valence-corrected chi connectivity index (χ0v) is 39.0. The van der Waals surface area contributed by atoms with E-state index in [1.54, 1.807) is 12.1 Å². The van der Waals surface area contributed by atoms with Crippen LogP contribution in [0.4, 0.5) is 52.7 Å². The van der Waals surface area contributed by atoms with Gasteiger partial charge in [0.05, 0.1) is 23.4 Å². The van der Waals surface area contributed by atoms with Gasteiger partial charge < -0.3 is 28.3 Å². The summed E-state index contributed by atoms with van der Waals surface area (Å²) in [5.41, 5.74) is -0.0990. The molecule has 0 radical (unpaired) electrons. The third-order valence-electron chi connectivity index (χ3n) is 11.0. The Morgan fingerprint density at radius 3 is 1.47 bits per heavy atom. The molecule has 0 bridgehead atoms. The molecule has 9 rings (SSSR count). The lowest BCUT2D eigenvalue weighted by molar-refractivity contribution is -0.261. The molecule has 2 aliphatic carbocycles. The molecule has 0 amide bonds. The van der Waals surface area contributed by atoms with Crippen LogP contribution >= 0.6 is 15.9 Å². The Balaban J connectivity index is 0.000000241. The van der Waals surface area contributed by atoms with E-state index in [-0.39, 0.29) is 50.6 Å². The van der Waals surface area contributed by atoms with Gasteiger partial charge in [-0.3, -0.25) is 8.80 Å².